The van der Waals surface area contributed by atoms with Gasteiger partial charge in [-0.25, -0.2) is 0 Å². The number of aliphatic imine (C=N–C) groups is 1. The van der Waals surface area contributed by atoms with E-state index in [2.05, 4.69) is 37.5 Å². The molecule has 1 aliphatic heterocycles. The average molecular weight is 475 g/mol. The highest BCUT2D eigenvalue weighted by Crippen LogP contribution is 2.31. The van der Waals surface area contributed by atoms with E-state index in [1.807, 2.05) is 18.2 Å². The second-order valence-electron chi connectivity index (χ2n) is 7.10. The largest absolute Gasteiger partial charge is 0.493 e. The Morgan fingerprint density at radius 2 is 2.12 bits per heavy atom. The van der Waals surface area contributed by atoms with E-state index in [4.69, 9.17) is 9.73 Å². The topological polar surface area (TPSA) is 65.9 Å². The minimum Gasteiger partial charge on any atom is -0.493 e. The number of ether oxygens (including phenoxy) is 1. The van der Waals surface area contributed by atoms with Crippen LogP contribution in [0.3, 0.4) is 0 Å². The lowest BCUT2D eigenvalue weighted by atomic mass is 9.94. The van der Waals surface area contributed by atoms with E-state index in [1.54, 1.807) is 0 Å². The van der Waals surface area contributed by atoms with E-state index in [1.165, 1.54) is 5.56 Å². The van der Waals surface area contributed by atoms with Gasteiger partial charge in [0.05, 0.1) is 12.6 Å². The molecule has 0 aromatic heterocycles. The number of para-hydroxylation sites is 1. The first kappa shape index (κ1) is 23.0. The maximum Gasteiger partial charge on any atom is 0.191 e. The van der Waals surface area contributed by atoms with Crippen molar-refractivity contribution in [2.45, 2.75) is 46.1 Å². The lowest BCUT2D eigenvalue weighted by Gasteiger charge is -2.28. The van der Waals surface area contributed by atoms with Gasteiger partial charge in [-0.2, -0.15) is 0 Å². The number of hydrogen-bond acceptors (Lipinski definition) is 3. The molecule has 2 rings (SSSR count). The maximum atomic E-state index is 9.29. The van der Waals surface area contributed by atoms with Gasteiger partial charge in [-0.15, -0.1) is 24.0 Å². The van der Waals surface area contributed by atoms with Crippen LogP contribution in [0.5, 0.6) is 5.75 Å². The highest BCUT2D eigenvalue weighted by Gasteiger charge is 2.22. The minimum absolute atomic E-state index is 0. The summed E-state index contributed by atoms with van der Waals surface area (Å²) in [6.45, 7) is 9.02. The molecule has 6 heteroatoms. The molecule has 0 spiro atoms. The molecule has 26 heavy (non-hydrogen) atoms. The molecule has 0 aliphatic carbocycles. The van der Waals surface area contributed by atoms with E-state index in [0.29, 0.717) is 18.4 Å². The Balaban J connectivity index is 0.00000338. The molecule has 0 fully saturated rings. The lowest BCUT2D eigenvalue weighted by molar-refractivity contribution is 0.245. The van der Waals surface area contributed by atoms with Crippen LogP contribution in [0.4, 0.5) is 0 Å². The van der Waals surface area contributed by atoms with Crippen molar-refractivity contribution < 1.29 is 9.84 Å². The highest BCUT2D eigenvalue weighted by atomic mass is 127. The van der Waals surface area contributed by atoms with E-state index < -0.39 is 0 Å². The third-order valence-corrected chi connectivity index (χ3v) is 4.46. The third kappa shape index (κ3) is 7.31. The number of aliphatic hydroxyl groups is 1. The molecule has 2 atom stereocenters. The Hall–Kier alpha value is -1.02. The van der Waals surface area contributed by atoms with Crippen LogP contribution in [0.1, 0.15) is 51.6 Å². The van der Waals surface area contributed by atoms with Gasteiger partial charge >= 0.3 is 0 Å². The zero-order valence-corrected chi connectivity index (χ0v) is 18.5. The molecule has 1 aromatic carbocycles. The number of nitrogens with zero attached hydrogens (tertiary/aromatic N) is 1. The van der Waals surface area contributed by atoms with Crippen LogP contribution in [0.2, 0.25) is 0 Å². The van der Waals surface area contributed by atoms with E-state index in [0.717, 1.165) is 44.1 Å². The van der Waals surface area contributed by atoms with Crippen molar-refractivity contribution in [1.82, 2.24) is 10.6 Å². The van der Waals surface area contributed by atoms with Crippen molar-refractivity contribution in [2.75, 3.05) is 26.3 Å². The monoisotopic (exact) mass is 475 g/mol. The van der Waals surface area contributed by atoms with Crippen LogP contribution in [0.25, 0.3) is 0 Å². The Morgan fingerprint density at radius 1 is 1.35 bits per heavy atom. The number of halogens is 1. The minimum atomic E-state index is 0. The zero-order chi connectivity index (χ0) is 18.1. The Kier molecular flexibility index (Phi) is 11.0. The van der Waals surface area contributed by atoms with Crippen LogP contribution in [0, 0.1) is 11.8 Å². The predicted octanol–water partition coefficient (Wildman–Crippen LogP) is 3.73. The van der Waals surface area contributed by atoms with Gasteiger partial charge in [-0.1, -0.05) is 32.0 Å². The molecule has 0 radical (unpaired) electrons. The van der Waals surface area contributed by atoms with Crippen molar-refractivity contribution in [3.8, 4) is 5.75 Å². The van der Waals surface area contributed by atoms with Gasteiger partial charge in [0.15, 0.2) is 5.96 Å². The lowest BCUT2D eigenvalue weighted by Crippen LogP contribution is -2.41. The van der Waals surface area contributed by atoms with Crippen LogP contribution in [-0.2, 0) is 0 Å². The molecular formula is C20H34IN3O2. The third-order valence-electron chi connectivity index (χ3n) is 4.46. The summed E-state index contributed by atoms with van der Waals surface area (Å²) >= 11 is 0. The normalized spacial score (nSPS) is 17.7. The Bertz CT molecular complexity index is 552. The van der Waals surface area contributed by atoms with Crippen LogP contribution in [0.15, 0.2) is 29.3 Å². The molecule has 1 aliphatic rings. The van der Waals surface area contributed by atoms with Crippen LogP contribution in [-0.4, -0.2) is 37.4 Å². The summed E-state index contributed by atoms with van der Waals surface area (Å²) in [4.78, 5) is 4.79. The predicted molar refractivity (Wildman–Crippen MR) is 118 cm³/mol. The number of guanidine groups is 1. The standard InChI is InChI=1S/C20H33N3O2.HI/c1-4-21-20(22-14-16(9-11-24)13-15(2)3)23-18-10-12-25-19-8-6-5-7-17(18)19;/h5-8,15-16,18,24H,4,9-14H2,1-3H3,(H2,21,22,23);1H. The molecule has 2 unspecified atom stereocenters. The second-order valence-corrected chi connectivity index (χ2v) is 7.10. The molecule has 0 amide bonds. The quantitative estimate of drug-likeness (QED) is 0.305. The summed E-state index contributed by atoms with van der Waals surface area (Å²) < 4.78 is 5.74. The molecule has 0 saturated carbocycles. The van der Waals surface area contributed by atoms with E-state index in [-0.39, 0.29) is 36.6 Å². The molecule has 1 heterocycles. The van der Waals surface area contributed by atoms with Crippen LogP contribution < -0.4 is 15.4 Å². The van der Waals surface area contributed by atoms with Crippen molar-refractivity contribution in [3.63, 3.8) is 0 Å². The first-order valence-electron chi connectivity index (χ1n) is 9.51. The van der Waals surface area contributed by atoms with Gasteiger partial charge in [0, 0.05) is 31.7 Å². The summed E-state index contributed by atoms with van der Waals surface area (Å²) in [5.41, 5.74) is 1.19. The van der Waals surface area contributed by atoms with Crippen molar-refractivity contribution in [1.29, 1.82) is 0 Å². The molecule has 0 bridgehead atoms. The summed E-state index contributed by atoms with van der Waals surface area (Å²) in [6.07, 6.45) is 2.82. The van der Waals surface area contributed by atoms with Gasteiger partial charge in [-0.3, -0.25) is 4.99 Å². The first-order chi connectivity index (χ1) is 12.1. The fourth-order valence-corrected chi connectivity index (χ4v) is 3.33. The van der Waals surface area contributed by atoms with E-state index in [9.17, 15) is 5.11 Å². The summed E-state index contributed by atoms with van der Waals surface area (Å²) in [6, 6.07) is 8.40. The number of fused-ring (bicyclic) bond motifs is 1. The highest BCUT2D eigenvalue weighted by molar-refractivity contribution is 14.0. The van der Waals surface area contributed by atoms with Gasteiger partial charge in [0.1, 0.15) is 5.75 Å². The number of rotatable bonds is 8. The number of hydrogen-bond donors (Lipinski definition) is 3. The zero-order valence-electron chi connectivity index (χ0n) is 16.2. The van der Waals surface area contributed by atoms with Gasteiger partial charge in [0.2, 0.25) is 0 Å². The summed E-state index contributed by atoms with van der Waals surface area (Å²) in [7, 11) is 0. The molecule has 0 saturated heterocycles. The SMILES string of the molecule is CCNC(=NCC(CCO)CC(C)C)NC1CCOc2ccccc21.I. The maximum absolute atomic E-state index is 9.29. The Labute approximate surface area is 175 Å². The van der Waals surface area contributed by atoms with Gasteiger partial charge in [-0.05, 0) is 37.7 Å². The van der Waals surface area contributed by atoms with Crippen molar-refractivity contribution in [2.24, 2.45) is 16.8 Å². The first-order valence-corrected chi connectivity index (χ1v) is 9.51. The molecular weight excluding hydrogens is 441 g/mol. The van der Waals surface area contributed by atoms with Crippen LogP contribution >= 0.6 is 24.0 Å². The van der Waals surface area contributed by atoms with Crippen molar-refractivity contribution >= 4 is 29.9 Å². The second kappa shape index (κ2) is 12.4. The number of aliphatic hydroxyl groups excluding tert-OH is 1. The van der Waals surface area contributed by atoms with Crippen molar-refractivity contribution in [3.05, 3.63) is 29.8 Å². The summed E-state index contributed by atoms with van der Waals surface area (Å²) in [5, 5.41) is 16.2. The number of benzene rings is 1. The number of nitrogens with one attached hydrogen (secondary N) is 2. The fraction of sp³-hybridized carbons (Fsp3) is 0.650. The average Bonchev–Trinajstić information content (AvgIpc) is 2.60. The Morgan fingerprint density at radius 3 is 2.81 bits per heavy atom. The van der Waals surface area contributed by atoms with Gasteiger partial charge < -0.3 is 20.5 Å². The summed E-state index contributed by atoms with van der Waals surface area (Å²) in [5.74, 6) is 2.84. The van der Waals surface area contributed by atoms with Gasteiger partial charge in [0.25, 0.3) is 0 Å². The smallest absolute Gasteiger partial charge is 0.191 e. The van der Waals surface area contributed by atoms with E-state index >= 15 is 0 Å². The molecule has 148 valence electrons. The molecule has 3 N–H and O–H groups in total. The molecule has 5 nitrogen and oxygen atoms in total. The fourth-order valence-electron chi connectivity index (χ4n) is 3.33. The molecule has 1 aromatic rings.